The highest BCUT2D eigenvalue weighted by atomic mass is 16.2. The lowest BCUT2D eigenvalue weighted by Gasteiger charge is -2.33. The summed E-state index contributed by atoms with van der Waals surface area (Å²) < 4.78 is 2.12. The van der Waals surface area contributed by atoms with E-state index < -0.39 is 0 Å². The molecule has 0 spiro atoms. The minimum atomic E-state index is 0.131. The molecular weight excluding hydrogens is 216 g/mol. The first-order chi connectivity index (χ1) is 8.16. The molecule has 0 aromatic carbocycles. The maximum absolute atomic E-state index is 11.8. The zero-order valence-corrected chi connectivity index (χ0v) is 10.5. The van der Waals surface area contributed by atoms with Crippen molar-refractivity contribution in [3.05, 3.63) is 18.7 Å². The monoisotopic (exact) mass is 236 g/mol. The summed E-state index contributed by atoms with van der Waals surface area (Å²) in [6, 6.07) is 0.131. The first-order valence-corrected chi connectivity index (χ1v) is 6.09. The third-order valence-electron chi connectivity index (χ3n) is 3.30. The fourth-order valence-corrected chi connectivity index (χ4v) is 2.28. The second-order valence-corrected chi connectivity index (χ2v) is 4.87. The van der Waals surface area contributed by atoms with E-state index in [0.717, 1.165) is 32.5 Å². The number of urea groups is 1. The predicted octanol–water partition coefficient (Wildman–Crippen LogP) is 1.28. The molecule has 2 rings (SSSR count). The van der Waals surface area contributed by atoms with Gasteiger partial charge in [0.05, 0.1) is 6.33 Å². The van der Waals surface area contributed by atoms with Crippen LogP contribution in [0.5, 0.6) is 0 Å². The highest BCUT2D eigenvalue weighted by molar-refractivity contribution is 5.73. The van der Waals surface area contributed by atoms with Gasteiger partial charge in [0.15, 0.2) is 0 Å². The van der Waals surface area contributed by atoms with E-state index in [-0.39, 0.29) is 6.03 Å². The Morgan fingerprint density at radius 1 is 1.41 bits per heavy atom. The number of imidazole rings is 1. The molecule has 0 aliphatic carbocycles. The standard InChI is InChI=1S/C12H20N4O/c1-14(2)12(17)16-6-3-11(4-7-16)9-15-8-5-13-10-15/h5,8,10-11H,3-4,6-7,9H2,1-2H3. The highest BCUT2D eigenvalue weighted by Gasteiger charge is 2.23. The van der Waals surface area contributed by atoms with Crippen molar-refractivity contribution in [1.82, 2.24) is 19.4 Å². The van der Waals surface area contributed by atoms with Gasteiger partial charge >= 0.3 is 6.03 Å². The van der Waals surface area contributed by atoms with Gasteiger partial charge in [-0.2, -0.15) is 0 Å². The van der Waals surface area contributed by atoms with Crippen LogP contribution in [0.1, 0.15) is 12.8 Å². The van der Waals surface area contributed by atoms with Gasteiger partial charge in [-0.05, 0) is 18.8 Å². The third-order valence-corrected chi connectivity index (χ3v) is 3.30. The number of hydrogen-bond donors (Lipinski definition) is 0. The molecule has 5 nitrogen and oxygen atoms in total. The Labute approximate surface area is 102 Å². The molecule has 94 valence electrons. The number of carbonyl (C=O) groups is 1. The maximum atomic E-state index is 11.8. The van der Waals surface area contributed by atoms with E-state index in [1.165, 1.54) is 0 Å². The fourth-order valence-electron chi connectivity index (χ4n) is 2.28. The first-order valence-electron chi connectivity index (χ1n) is 6.09. The average molecular weight is 236 g/mol. The lowest BCUT2D eigenvalue weighted by molar-refractivity contribution is 0.143. The van der Waals surface area contributed by atoms with Crippen LogP contribution in [-0.2, 0) is 6.54 Å². The summed E-state index contributed by atoms with van der Waals surface area (Å²) in [5.74, 6) is 0.662. The second kappa shape index (κ2) is 5.21. The topological polar surface area (TPSA) is 41.4 Å². The number of hydrogen-bond acceptors (Lipinski definition) is 2. The molecule has 1 fully saturated rings. The average Bonchev–Trinajstić information content (AvgIpc) is 2.82. The van der Waals surface area contributed by atoms with E-state index in [1.54, 1.807) is 19.0 Å². The van der Waals surface area contributed by atoms with Crippen LogP contribution in [-0.4, -0.2) is 52.6 Å². The maximum Gasteiger partial charge on any atom is 0.319 e. The van der Waals surface area contributed by atoms with E-state index in [0.29, 0.717) is 5.92 Å². The molecule has 1 saturated heterocycles. The van der Waals surface area contributed by atoms with E-state index in [1.807, 2.05) is 23.6 Å². The first kappa shape index (κ1) is 12.0. The zero-order chi connectivity index (χ0) is 12.3. The Balaban J connectivity index is 1.80. The van der Waals surface area contributed by atoms with Crippen molar-refractivity contribution >= 4 is 6.03 Å². The van der Waals surface area contributed by atoms with Gasteiger partial charge in [0, 0.05) is 46.1 Å². The summed E-state index contributed by atoms with van der Waals surface area (Å²) in [5, 5.41) is 0. The van der Waals surface area contributed by atoms with Gasteiger partial charge in [-0.15, -0.1) is 0 Å². The molecule has 0 bridgehead atoms. The molecule has 1 aliphatic heterocycles. The molecule has 2 heterocycles. The van der Waals surface area contributed by atoms with E-state index >= 15 is 0 Å². The minimum absolute atomic E-state index is 0.131. The van der Waals surface area contributed by atoms with Crippen molar-refractivity contribution in [2.24, 2.45) is 5.92 Å². The second-order valence-electron chi connectivity index (χ2n) is 4.87. The Bertz CT molecular complexity index is 353. The molecule has 5 heteroatoms. The van der Waals surface area contributed by atoms with Gasteiger partial charge in [-0.1, -0.05) is 0 Å². The largest absolute Gasteiger partial charge is 0.337 e. The fraction of sp³-hybridized carbons (Fsp3) is 0.667. The normalized spacial score (nSPS) is 17.2. The number of aromatic nitrogens is 2. The van der Waals surface area contributed by atoms with Gasteiger partial charge < -0.3 is 14.4 Å². The van der Waals surface area contributed by atoms with Crippen LogP contribution in [0, 0.1) is 5.92 Å². The number of piperidine rings is 1. The van der Waals surface area contributed by atoms with Crippen LogP contribution in [0.2, 0.25) is 0 Å². The summed E-state index contributed by atoms with van der Waals surface area (Å²) in [7, 11) is 3.61. The molecule has 1 aliphatic rings. The molecule has 17 heavy (non-hydrogen) atoms. The smallest absolute Gasteiger partial charge is 0.319 e. The molecule has 0 N–H and O–H groups in total. The van der Waals surface area contributed by atoms with Gasteiger partial charge in [0.2, 0.25) is 0 Å². The van der Waals surface area contributed by atoms with Crippen LogP contribution < -0.4 is 0 Å². The molecule has 0 unspecified atom stereocenters. The molecule has 0 saturated carbocycles. The highest BCUT2D eigenvalue weighted by Crippen LogP contribution is 2.19. The third kappa shape index (κ3) is 2.99. The van der Waals surface area contributed by atoms with Crippen LogP contribution >= 0.6 is 0 Å². The Morgan fingerprint density at radius 3 is 2.65 bits per heavy atom. The Kier molecular flexibility index (Phi) is 3.66. The molecular formula is C12H20N4O. The molecule has 1 aromatic rings. The van der Waals surface area contributed by atoms with Crippen molar-refractivity contribution in [2.45, 2.75) is 19.4 Å². The van der Waals surface area contributed by atoms with Crippen LogP contribution in [0.3, 0.4) is 0 Å². The zero-order valence-electron chi connectivity index (χ0n) is 10.5. The summed E-state index contributed by atoms with van der Waals surface area (Å²) in [4.78, 5) is 19.4. The number of rotatable bonds is 2. The van der Waals surface area contributed by atoms with Crippen LogP contribution in [0.4, 0.5) is 4.79 Å². The van der Waals surface area contributed by atoms with Gasteiger partial charge in [-0.3, -0.25) is 0 Å². The number of carbonyl (C=O) groups excluding carboxylic acids is 1. The van der Waals surface area contributed by atoms with E-state index in [2.05, 4.69) is 9.55 Å². The van der Waals surface area contributed by atoms with Crippen molar-refractivity contribution in [2.75, 3.05) is 27.2 Å². The SMILES string of the molecule is CN(C)C(=O)N1CCC(Cn2ccnc2)CC1. The number of amides is 2. The van der Waals surface area contributed by atoms with Crippen molar-refractivity contribution in [3.8, 4) is 0 Å². The Hall–Kier alpha value is -1.52. The molecule has 2 amide bonds. The van der Waals surface area contributed by atoms with E-state index in [9.17, 15) is 4.79 Å². The lowest BCUT2D eigenvalue weighted by Crippen LogP contribution is -2.44. The predicted molar refractivity (Wildman–Crippen MR) is 65.6 cm³/mol. The van der Waals surface area contributed by atoms with E-state index in [4.69, 9.17) is 0 Å². The van der Waals surface area contributed by atoms with Crippen molar-refractivity contribution in [3.63, 3.8) is 0 Å². The van der Waals surface area contributed by atoms with Gasteiger partial charge in [0.1, 0.15) is 0 Å². The number of likely N-dealkylation sites (tertiary alicyclic amines) is 1. The summed E-state index contributed by atoms with van der Waals surface area (Å²) in [5.41, 5.74) is 0. The minimum Gasteiger partial charge on any atom is -0.337 e. The summed E-state index contributed by atoms with van der Waals surface area (Å²) >= 11 is 0. The molecule has 1 aromatic heterocycles. The summed E-state index contributed by atoms with van der Waals surface area (Å²) in [6.07, 6.45) is 7.83. The summed E-state index contributed by atoms with van der Waals surface area (Å²) in [6.45, 7) is 2.76. The quantitative estimate of drug-likeness (QED) is 0.776. The Morgan fingerprint density at radius 2 is 2.12 bits per heavy atom. The number of nitrogens with zero attached hydrogens (tertiary/aromatic N) is 4. The van der Waals surface area contributed by atoms with Crippen LogP contribution in [0.25, 0.3) is 0 Å². The molecule has 0 atom stereocenters. The van der Waals surface area contributed by atoms with Gasteiger partial charge in [-0.25, -0.2) is 9.78 Å². The van der Waals surface area contributed by atoms with Crippen molar-refractivity contribution in [1.29, 1.82) is 0 Å². The van der Waals surface area contributed by atoms with Gasteiger partial charge in [0.25, 0.3) is 0 Å². The van der Waals surface area contributed by atoms with Crippen LogP contribution in [0.15, 0.2) is 18.7 Å². The molecule has 0 radical (unpaired) electrons. The lowest BCUT2D eigenvalue weighted by atomic mass is 9.97. The van der Waals surface area contributed by atoms with Crippen molar-refractivity contribution < 1.29 is 4.79 Å².